The highest BCUT2D eigenvalue weighted by molar-refractivity contribution is 5.19. The fourth-order valence-corrected chi connectivity index (χ4v) is 5.09. The molecule has 0 radical (unpaired) electrons. The topological polar surface area (TPSA) is 68.5 Å². The van der Waals surface area contributed by atoms with Gasteiger partial charge in [0.05, 0.1) is 25.2 Å². The number of nitrogens with zero attached hydrogens (tertiary/aromatic N) is 3. The average molecular weight is 373 g/mol. The van der Waals surface area contributed by atoms with Gasteiger partial charge in [-0.2, -0.15) is 0 Å². The van der Waals surface area contributed by atoms with Gasteiger partial charge >= 0.3 is 0 Å². The lowest BCUT2D eigenvalue weighted by atomic mass is 9.69. The third kappa shape index (κ3) is 3.58. The molecule has 2 atom stereocenters. The lowest BCUT2D eigenvalue weighted by molar-refractivity contribution is -0.0850. The number of fused-ring (bicyclic) bond motifs is 1. The van der Waals surface area contributed by atoms with Crippen molar-refractivity contribution in [2.24, 2.45) is 5.41 Å². The van der Waals surface area contributed by atoms with Crippen LogP contribution in [0.1, 0.15) is 47.7 Å². The van der Waals surface area contributed by atoms with Crippen LogP contribution in [0.2, 0.25) is 0 Å². The van der Waals surface area contributed by atoms with Gasteiger partial charge in [-0.1, -0.05) is 0 Å². The van der Waals surface area contributed by atoms with Crippen molar-refractivity contribution in [3.8, 4) is 0 Å². The molecule has 2 N–H and O–H groups in total. The summed E-state index contributed by atoms with van der Waals surface area (Å²) in [7, 11) is 0. The molecule has 0 spiro atoms. The molecule has 0 aliphatic carbocycles. The number of hydrogen-bond donors (Lipinski definition) is 2. The van der Waals surface area contributed by atoms with Crippen molar-refractivity contribution in [2.45, 2.75) is 59.2 Å². The van der Waals surface area contributed by atoms with E-state index in [9.17, 15) is 5.11 Å². The molecule has 6 heteroatoms. The van der Waals surface area contributed by atoms with E-state index in [1.165, 1.54) is 5.56 Å². The Kier molecular flexibility index (Phi) is 5.14. The quantitative estimate of drug-likeness (QED) is 0.845. The van der Waals surface area contributed by atoms with Gasteiger partial charge in [-0.3, -0.25) is 9.80 Å². The van der Waals surface area contributed by atoms with Crippen molar-refractivity contribution >= 4 is 0 Å². The number of aromatic amines is 1. The standard InChI is InChI=1S/C21H32N4O2/c1-15-9-18(27-17(15)3)10-25-7-4-6-21(13-26)12-24(8-5-20(21)25)11-19-16(2)22-14-23-19/h9,14,20,26H,4-8,10-13H2,1-3H3,(H,22,23)/t20-,21-/m1/s1. The molecule has 4 heterocycles. The number of nitrogens with one attached hydrogen (secondary N) is 1. The van der Waals surface area contributed by atoms with Crippen molar-refractivity contribution < 1.29 is 9.52 Å². The zero-order valence-corrected chi connectivity index (χ0v) is 16.8. The van der Waals surface area contributed by atoms with Crippen LogP contribution in [0.3, 0.4) is 0 Å². The van der Waals surface area contributed by atoms with Gasteiger partial charge in [0, 0.05) is 36.8 Å². The van der Waals surface area contributed by atoms with E-state index in [1.807, 2.05) is 6.92 Å². The van der Waals surface area contributed by atoms with Crippen molar-refractivity contribution in [2.75, 3.05) is 26.2 Å². The van der Waals surface area contributed by atoms with Gasteiger partial charge in [-0.05, 0) is 58.2 Å². The van der Waals surface area contributed by atoms with Crippen molar-refractivity contribution in [3.63, 3.8) is 0 Å². The molecule has 2 saturated heterocycles. The summed E-state index contributed by atoms with van der Waals surface area (Å²) in [6.45, 7) is 11.2. The lowest BCUT2D eigenvalue weighted by Crippen LogP contribution is -2.62. The molecule has 0 amide bonds. The second kappa shape index (κ2) is 7.41. The van der Waals surface area contributed by atoms with E-state index >= 15 is 0 Å². The number of aryl methyl sites for hydroxylation is 3. The Bertz CT molecular complexity index is 763. The maximum atomic E-state index is 10.4. The summed E-state index contributed by atoms with van der Waals surface area (Å²) in [6, 6.07) is 2.58. The fourth-order valence-electron chi connectivity index (χ4n) is 5.09. The molecular weight excluding hydrogens is 340 g/mol. The Morgan fingerprint density at radius 2 is 2.15 bits per heavy atom. The number of aromatic nitrogens is 2. The average Bonchev–Trinajstić information content (AvgIpc) is 3.20. The van der Waals surface area contributed by atoms with Crippen LogP contribution in [0.5, 0.6) is 0 Å². The molecule has 0 unspecified atom stereocenters. The molecule has 27 heavy (non-hydrogen) atoms. The Morgan fingerprint density at radius 3 is 2.81 bits per heavy atom. The molecule has 2 aromatic heterocycles. The molecule has 2 aliphatic heterocycles. The van der Waals surface area contributed by atoms with Gasteiger partial charge in [0.15, 0.2) is 0 Å². The highest BCUT2D eigenvalue weighted by Crippen LogP contribution is 2.42. The largest absolute Gasteiger partial charge is 0.465 e. The minimum atomic E-state index is -0.0443. The second-order valence-corrected chi connectivity index (χ2v) is 8.54. The van der Waals surface area contributed by atoms with E-state index in [0.717, 1.165) is 74.9 Å². The predicted octanol–water partition coefficient (Wildman–Crippen LogP) is 2.78. The second-order valence-electron chi connectivity index (χ2n) is 8.54. The molecular formula is C21H32N4O2. The van der Waals surface area contributed by atoms with Crippen molar-refractivity contribution in [1.29, 1.82) is 0 Å². The van der Waals surface area contributed by atoms with E-state index < -0.39 is 0 Å². The third-order valence-electron chi connectivity index (χ3n) is 6.72. The number of aliphatic hydroxyl groups excluding tert-OH is 1. The molecule has 2 aromatic rings. The van der Waals surface area contributed by atoms with Crippen LogP contribution >= 0.6 is 0 Å². The number of furan rings is 1. The Balaban J connectivity index is 1.49. The molecule has 2 aliphatic rings. The number of likely N-dealkylation sites (tertiary alicyclic amines) is 2. The van der Waals surface area contributed by atoms with E-state index in [0.29, 0.717) is 6.04 Å². The predicted molar refractivity (Wildman–Crippen MR) is 104 cm³/mol. The highest BCUT2D eigenvalue weighted by atomic mass is 16.3. The Hall–Kier alpha value is -1.63. The smallest absolute Gasteiger partial charge is 0.118 e. The van der Waals surface area contributed by atoms with Gasteiger partial charge in [0.25, 0.3) is 0 Å². The van der Waals surface area contributed by atoms with Gasteiger partial charge in [0.2, 0.25) is 0 Å². The van der Waals surface area contributed by atoms with E-state index in [1.54, 1.807) is 6.33 Å². The molecule has 148 valence electrons. The maximum Gasteiger partial charge on any atom is 0.118 e. The number of H-pyrrole nitrogens is 1. The molecule has 0 saturated carbocycles. The molecule has 2 fully saturated rings. The summed E-state index contributed by atoms with van der Waals surface area (Å²) in [5, 5.41) is 10.4. The summed E-state index contributed by atoms with van der Waals surface area (Å²) >= 11 is 0. The SMILES string of the molecule is Cc1cc(CN2CCC[C@]3(CO)CN(Cc4nc[nH]c4C)CC[C@@H]23)oc1C. The summed E-state index contributed by atoms with van der Waals surface area (Å²) in [6.07, 6.45) is 5.08. The Labute approximate surface area is 161 Å². The number of aliphatic hydroxyl groups is 1. The first-order chi connectivity index (χ1) is 13.0. The first-order valence-corrected chi connectivity index (χ1v) is 10.1. The summed E-state index contributed by atoms with van der Waals surface area (Å²) in [4.78, 5) is 12.7. The van der Waals surface area contributed by atoms with Gasteiger partial charge < -0.3 is 14.5 Å². The zero-order chi connectivity index (χ0) is 19.0. The van der Waals surface area contributed by atoms with Crippen LogP contribution in [0, 0.1) is 26.2 Å². The minimum Gasteiger partial charge on any atom is -0.465 e. The number of hydrogen-bond acceptors (Lipinski definition) is 5. The fraction of sp³-hybridized carbons (Fsp3) is 0.667. The van der Waals surface area contributed by atoms with E-state index in [4.69, 9.17) is 4.42 Å². The molecule has 0 aromatic carbocycles. The third-order valence-corrected chi connectivity index (χ3v) is 6.72. The number of imidazole rings is 1. The van der Waals surface area contributed by atoms with Crippen molar-refractivity contribution in [1.82, 2.24) is 19.8 Å². The van der Waals surface area contributed by atoms with Gasteiger partial charge in [-0.15, -0.1) is 0 Å². The van der Waals surface area contributed by atoms with Crippen LogP contribution < -0.4 is 0 Å². The van der Waals surface area contributed by atoms with Crippen LogP contribution in [0.15, 0.2) is 16.8 Å². The number of rotatable bonds is 5. The van der Waals surface area contributed by atoms with Crippen LogP contribution in [-0.4, -0.2) is 57.2 Å². The first kappa shape index (κ1) is 18.7. The first-order valence-electron chi connectivity index (χ1n) is 10.1. The van der Waals surface area contributed by atoms with Crippen LogP contribution in [0.25, 0.3) is 0 Å². The van der Waals surface area contributed by atoms with Gasteiger partial charge in [0.1, 0.15) is 11.5 Å². The lowest BCUT2D eigenvalue weighted by Gasteiger charge is -2.54. The molecule has 0 bridgehead atoms. The van der Waals surface area contributed by atoms with Gasteiger partial charge in [-0.25, -0.2) is 4.98 Å². The summed E-state index contributed by atoms with van der Waals surface area (Å²) < 4.78 is 5.94. The highest BCUT2D eigenvalue weighted by Gasteiger charge is 2.47. The molecule has 6 nitrogen and oxygen atoms in total. The van der Waals surface area contributed by atoms with E-state index in [2.05, 4.69) is 39.7 Å². The summed E-state index contributed by atoms with van der Waals surface area (Å²) in [5.74, 6) is 2.06. The van der Waals surface area contributed by atoms with Crippen molar-refractivity contribution in [3.05, 3.63) is 40.9 Å². The zero-order valence-electron chi connectivity index (χ0n) is 16.8. The normalized spacial score (nSPS) is 27.0. The maximum absolute atomic E-state index is 10.4. The number of piperidine rings is 2. The minimum absolute atomic E-state index is 0.0443. The van der Waals surface area contributed by atoms with E-state index in [-0.39, 0.29) is 12.0 Å². The summed E-state index contributed by atoms with van der Waals surface area (Å²) in [5.41, 5.74) is 3.44. The molecule has 4 rings (SSSR count). The van der Waals surface area contributed by atoms with Crippen LogP contribution in [0.4, 0.5) is 0 Å². The van der Waals surface area contributed by atoms with Crippen LogP contribution in [-0.2, 0) is 13.1 Å². The Morgan fingerprint density at radius 1 is 1.30 bits per heavy atom. The monoisotopic (exact) mass is 372 g/mol.